The molecule has 0 aliphatic rings. The van der Waals surface area contributed by atoms with E-state index in [2.05, 4.69) is 0 Å². The van der Waals surface area contributed by atoms with Gasteiger partial charge in [0, 0.05) is 0 Å². The third kappa shape index (κ3) is 2.20. The summed E-state index contributed by atoms with van der Waals surface area (Å²) < 4.78 is 0. The summed E-state index contributed by atoms with van der Waals surface area (Å²) in [5.41, 5.74) is 5.48. The van der Waals surface area contributed by atoms with Gasteiger partial charge in [0.25, 0.3) is 0 Å². The van der Waals surface area contributed by atoms with Crippen molar-refractivity contribution >= 4 is 5.97 Å². The number of hydrogen-bond donors (Lipinski definition) is 2. The highest BCUT2D eigenvalue weighted by Gasteiger charge is 2.34. The maximum absolute atomic E-state index is 11.3. The summed E-state index contributed by atoms with van der Waals surface area (Å²) >= 11 is 0. The van der Waals surface area contributed by atoms with Gasteiger partial charge in [-0.15, -0.1) is 0 Å². The molecule has 1 unspecified atom stereocenters. The van der Waals surface area contributed by atoms with E-state index in [0.29, 0.717) is 24.1 Å². The molecule has 4 nitrogen and oxygen atoms in total. The fourth-order valence-corrected chi connectivity index (χ4v) is 1.60. The Morgan fingerprint density at radius 1 is 1.62 bits per heavy atom. The molecule has 3 N–H and O–H groups in total. The number of nitrogens with zero attached hydrogens (tertiary/aromatic N) is 1. The van der Waals surface area contributed by atoms with Crippen molar-refractivity contribution in [3.05, 3.63) is 35.4 Å². The van der Waals surface area contributed by atoms with Crippen LogP contribution in [0.2, 0.25) is 0 Å². The topological polar surface area (TPSA) is 87.1 Å². The molecule has 0 bridgehead atoms. The second-order valence-corrected chi connectivity index (χ2v) is 3.87. The Kier molecular flexibility index (Phi) is 3.64. The van der Waals surface area contributed by atoms with Crippen LogP contribution in [0, 0.1) is 11.3 Å². The first kappa shape index (κ1) is 12.2. The smallest absolute Gasteiger partial charge is 0.313 e. The number of nitriles is 1. The van der Waals surface area contributed by atoms with Crippen molar-refractivity contribution in [3.8, 4) is 6.07 Å². The first-order chi connectivity index (χ1) is 7.54. The van der Waals surface area contributed by atoms with Crippen molar-refractivity contribution in [3.63, 3.8) is 0 Å². The summed E-state index contributed by atoms with van der Waals surface area (Å²) in [6.07, 6.45) is 0.344. The van der Waals surface area contributed by atoms with E-state index in [4.69, 9.17) is 11.0 Å². The number of benzene rings is 1. The Balaban J connectivity index is 3.21. The van der Waals surface area contributed by atoms with E-state index in [9.17, 15) is 9.90 Å². The van der Waals surface area contributed by atoms with Crippen LogP contribution in [0.1, 0.15) is 24.5 Å². The second kappa shape index (κ2) is 4.77. The predicted octanol–water partition coefficient (Wildman–Crippen LogP) is 1.25. The van der Waals surface area contributed by atoms with Crippen LogP contribution in [0.3, 0.4) is 0 Å². The molecule has 0 heterocycles. The molecule has 1 rings (SSSR count). The van der Waals surface area contributed by atoms with Gasteiger partial charge in [0.15, 0.2) is 0 Å². The minimum atomic E-state index is -1.03. The minimum Gasteiger partial charge on any atom is -0.481 e. The Bertz CT molecular complexity index is 437. The molecule has 1 aromatic rings. The highest BCUT2D eigenvalue weighted by atomic mass is 16.4. The minimum absolute atomic E-state index is 0.291. The quantitative estimate of drug-likeness (QED) is 0.796. The van der Waals surface area contributed by atoms with Gasteiger partial charge in [0.2, 0.25) is 0 Å². The van der Waals surface area contributed by atoms with Crippen LogP contribution in [0.25, 0.3) is 0 Å². The molecule has 4 heteroatoms. The maximum Gasteiger partial charge on any atom is 0.313 e. The largest absolute Gasteiger partial charge is 0.481 e. The lowest BCUT2D eigenvalue weighted by molar-refractivity contribution is -0.143. The zero-order valence-corrected chi connectivity index (χ0v) is 9.10. The van der Waals surface area contributed by atoms with E-state index in [1.165, 1.54) is 0 Å². The molecule has 0 aromatic heterocycles. The highest BCUT2D eigenvalue weighted by Crippen LogP contribution is 2.28. The van der Waals surface area contributed by atoms with Crippen LogP contribution >= 0.6 is 0 Å². The lowest BCUT2D eigenvalue weighted by Crippen LogP contribution is -2.34. The van der Waals surface area contributed by atoms with Crippen molar-refractivity contribution in [2.24, 2.45) is 5.73 Å². The van der Waals surface area contributed by atoms with Crippen molar-refractivity contribution in [1.29, 1.82) is 5.26 Å². The van der Waals surface area contributed by atoms with Crippen molar-refractivity contribution in [1.82, 2.24) is 0 Å². The molecule has 0 fully saturated rings. The third-order valence-corrected chi connectivity index (χ3v) is 2.75. The van der Waals surface area contributed by atoms with Gasteiger partial charge >= 0.3 is 5.97 Å². The number of carboxylic acid groups (broad SMARTS) is 1. The third-order valence-electron chi connectivity index (χ3n) is 2.75. The fraction of sp³-hybridized carbons (Fsp3) is 0.333. The molecule has 0 spiro atoms. The van der Waals surface area contributed by atoms with E-state index in [1.54, 1.807) is 31.2 Å². The lowest BCUT2D eigenvalue weighted by Gasteiger charge is -2.24. The first-order valence-electron chi connectivity index (χ1n) is 4.98. The average Bonchev–Trinajstić information content (AvgIpc) is 2.29. The van der Waals surface area contributed by atoms with Crippen LogP contribution in [0.4, 0.5) is 0 Å². The summed E-state index contributed by atoms with van der Waals surface area (Å²) in [5, 5.41) is 18.0. The summed E-state index contributed by atoms with van der Waals surface area (Å²) in [5.74, 6) is -0.923. The number of carboxylic acids is 1. The van der Waals surface area contributed by atoms with E-state index in [0.717, 1.165) is 0 Å². The molecule has 0 radical (unpaired) electrons. The normalized spacial score (nSPS) is 13.8. The molecule has 0 aliphatic heterocycles. The molecule has 0 saturated heterocycles. The number of carbonyl (C=O) groups is 1. The number of nitrogens with two attached hydrogens (primary N) is 1. The Hall–Kier alpha value is -1.86. The van der Waals surface area contributed by atoms with Gasteiger partial charge in [0.1, 0.15) is 0 Å². The lowest BCUT2D eigenvalue weighted by atomic mass is 9.79. The maximum atomic E-state index is 11.3. The van der Waals surface area contributed by atoms with Crippen molar-refractivity contribution < 1.29 is 9.90 Å². The average molecular weight is 218 g/mol. The standard InChI is InChI=1S/C12H14N2O2/c1-12(5-6-13,11(15)16)10-4-2-3-9(7-10)8-14/h2-4,7H,5-6,13H2,1H3,(H,15,16). The van der Waals surface area contributed by atoms with E-state index in [1.807, 2.05) is 6.07 Å². The zero-order valence-electron chi connectivity index (χ0n) is 9.10. The van der Waals surface area contributed by atoms with Crippen molar-refractivity contribution in [2.45, 2.75) is 18.8 Å². The SMILES string of the molecule is CC(CCN)(C(=O)O)c1cccc(C#N)c1. The predicted molar refractivity (Wildman–Crippen MR) is 59.8 cm³/mol. The number of aliphatic carboxylic acids is 1. The van der Waals surface area contributed by atoms with Crippen LogP contribution in [0.15, 0.2) is 24.3 Å². The van der Waals surface area contributed by atoms with Gasteiger partial charge in [-0.05, 0) is 37.6 Å². The zero-order chi connectivity index (χ0) is 12.2. The van der Waals surface area contributed by atoms with Crippen molar-refractivity contribution in [2.75, 3.05) is 6.54 Å². The molecular weight excluding hydrogens is 204 g/mol. The monoisotopic (exact) mass is 218 g/mol. The molecule has 84 valence electrons. The summed E-state index contributed by atoms with van der Waals surface area (Å²) in [6.45, 7) is 1.91. The summed E-state index contributed by atoms with van der Waals surface area (Å²) in [7, 11) is 0. The molecule has 0 amide bonds. The number of rotatable bonds is 4. The molecule has 1 atom stereocenters. The van der Waals surface area contributed by atoms with Gasteiger partial charge in [-0.1, -0.05) is 12.1 Å². The Morgan fingerprint density at radius 3 is 2.81 bits per heavy atom. The molecule has 1 aromatic carbocycles. The highest BCUT2D eigenvalue weighted by molar-refractivity contribution is 5.81. The van der Waals surface area contributed by atoms with Crippen LogP contribution < -0.4 is 5.73 Å². The molecular formula is C12H14N2O2. The van der Waals surface area contributed by atoms with E-state index < -0.39 is 11.4 Å². The summed E-state index contributed by atoms with van der Waals surface area (Å²) in [4.78, 5) is 11.3. The first-order valence-corrected chi connectivity index (χ1v) is 4.98. The van der Waals surface area contributed by atoms with Gasteiger partial charge in [0.05, 0.1) is 17.0 Å². The van der Waals surface area contributed by atoms with Gasteiger partial charge in [-0.3, -0.25) is 4.79 Å². The Morgan fingerprint density at radius 2 is 2.31 bits per heavy atom. The van der Waals surface area contributed by atoms with Crippen LogP contribution in [-0.2, 0) is 10.2 Å². The Labute approximate surface area is 94.3 Å². The van der Waals surface area contributed by atoms with Gasteiger partial charge in [-0.2, -0.15) is 5.26 Å². The van der Waals surface area contributed by atoms with Gasteiger partial charge < -0.3 is 10.8 Å². The molecule has 0 aliphatic carbocycles. The van der Waals surface area contributed by atoms with Gasteiger partial charge in [-0.25, -0.2) is 0 Å². The molecule has 0 saturated carbocycles. The second-order valence-electron chi connectivity index (χ2n) is 3.87. The molecule has 16 heavy (non-hydrogen) atoms. The van der Waals surface area contributed by atoms with E-state index in [-0.39, 0.29) is 0 Å². The number of hydrogen-bond acceptors (Lipinski definition) is 3. The van der Waals surface area contributed by atoms with E-state index >= 15 is 0 Å². The van der Waals surface area contributed by atoms with Crippen LogP contribution in [-0.4, -0.2) is 17.6 Å². The van der Waals surface area contributed by atoms with Crippen LogP contribution in [0.5, 0.6) is 0 Å². The fourth-order valence-electron chi connectivity index (χ4n) is 1.60. The summed E-state index contributed by atoms with van der Waals surface area (Å²) in [6, 6.07) is 8.64.